The monoisotopic (exact) mass is 349 g/mol. The van der Waals surface area contributed by atoms with Crippen LogP contribution < -0.4 is 9.64 Å². The number of nitrogens with zero attached hydrogens (tertiary/aromatic N) is 1. The van der Waals surface area contributed by atoms with Gasteiger partial charge in [-0.25, -0.2) is 0 Å². The molecular formula is C21H19NO2S. The van der Waals surface area contributed by atoms with Gasteiger partial charge in [-0.1, -0.05) is 30.3 Å². The van der Waals surface area contributed by atoms with Crippen molar-refractivity contribution in [3.05, 3.63) is 82.0 Å². The fraction of sp³-hybridized carbons (Fsp3) is 0.190. The number of thiophene rings is 1. The minimum absolute atomic E-state index is 0.0269. The molecule has 0 saturated heterocycles. The van der Waals surface area contributed by atoms with E-state index in [0.29, 0.717) is 12.2 Å². The van der Waals surface area contributed by atoms with Crippen LogP contribution in [0.5, 0.6) is 5.75 Å². The van der Waals surface area contributed by atoms with Gasteiger partial charge in [-0.05, 0) is 54.6 Å². The third-order valence-corrected chi connectivity index (χ3v) is 5.32. The molecule has 1 aliphatic heterocycles. The molecule has 25 heavy (non-hydrogen) atoms. The maximum absolute atomic E-state index is 13.1. The summed E-state index contributed by atoms with van der Waals surface area (Å²) in [4.78, 5) is 16.1. The van der Waals surface area contributed by atoms with E-state index in [9.17, 15) is 4.79 Å². The molecule has 0 saturated carbocycles. The van der Waals surface area contributed by atoms with Gasteiger partial charge in [0.2, 0.25) is 0 Å². The van der Waals surface area contributed by atoms with Gasteiger partial charge in [-0.2, -0.15) is 0 Å². The number of benzene rings is 2. The SMILES string of the molecule is CC1Cc2ccccc2N1C(=O)c1cccc(OCc2cccs2)c1. The molecule has 4 heteroatoms. The minimum Gasteiger partial charge on any atom is -0.488 e. The highest BCUT2D eigenvalue weighted by atomic mass is 32.1. The van der Waals surface area contributed by atoms with E-state index in [2.05, 4.69) is 13.0 Å². The Bertz CT molecular complexity index is 888. The van der Waals surface area contributed by atoms with E-state index in [1.165, 1.54) is 10.4 Å². The van der Waals surface area contributed by atoms with E-state index in [0.717, 1.165) is 17.9 Å². The molecule has 126 valence electrons. The van der Waals surface area contributed by atoms with Crippen molar-refractivity contribution in [1.82, 2.24) is 0 Å². The van der Waals surface area contributed by atoms with Crippen molar-refractivity contribution in [2.24, 2.45) is 0 Å². The molecule has 3 aromatic rings. The zero-order chi connectivity index (χ0) is 17.2. The van der Waals surface area contributed by atoms with Crippen LogP contribution in [0.25, 0.3) is 0 Å². The molecule has 1 atom stereocenters. The standard InChI is InChI=1S/C21H19NO2S/c1-15-12-16-6-2-3-10-20(16)22(15)21(23)17-7-4-8-18(13-17)24-14-19-9-5-11-25-19/h2-11,13,15H,12,14H2,1H3. The second-order valence-corrected chi connectivity index (χ2v) is 7.29. The van der Waals surface area contributed by atoms with Crippen molar-refractivity contribution in [3.8, 4) is 5.75 Å². The molecule has 1 amide bonds. The van der Waals surface area contributed by atoms with Gasteiger partial charge in [0.1, 0.15) is 12.4 Å². The van der Waals surface area contributed by atoms with Crippen LogP contribution in [0.1, 0.15) is 27.7 Å². The molecule has 0 bridgehead atoms. The van der Waals surface area contributed by atoms with E-state index < -0.39 is 0 Å². The minimum atomic E-state index is 0.0269. The summed E-state index contributed by atoms with van der Waals surface area (Å²) >= 11 is 1.67. The Labute approximate surface area is 151 Å². The number of hydrogen-bond acceptors (Lipinski definition) is 3. The Morgan fingerprint density at radius 1 is 1.16 bits per heavy atom. The van der Waals surface area contributed by atoms with Crippen molar-refractivity contribution in [2.75, 3.05) is 4.90 Å². The molecule has 0 aliphatic carbocycles. The molecule has 0 radical (unpaired) electrons. The number of hydrogen-bond donors (Lipinski definition) is 0. The van der Waals surface area contributed by atoms with E-state index in [4.69, 9.17) is 4.74 Å². The molecule has 0 fully saturated rings. The van der Waals surface area contributed by atoms with Crippen molar-refractivity contribution >= 4 is 22.9 Å². The highest BCUT2D eigenvalue weighted by Crippen LogP contribution is 2.33. The average molecular weight is 349 g/mol. The van der Waals surface area contributed by atoms with E-state index in [1.54, 1.807) is 11.3 Å². The Balaban J connectivity index is 1.55. The van der Waals surface area contributed by atoms with E-state index in [-0.39, 0.29) is 11.9 Å². The van der Waals surface area contributed by atoms with Crippen molar-refractivity contribution in [3.63, 3.8) is 0 Å². The average Bonchev–Trinajstić information content (AvgIpc) is 3.26. The lowest BCUT2D eigenvalue weighted by atomic mass is 10.1. The molecule has 1 aromatic heterocycles. The predicted octanol–water partition coefficient (Wildman–Crippen LogP) is 4.92. The van der Waals surface area contributed by atoms with Crippen molar-refractivity contribution < 1.29 is 9.53 Å². The number of anilines is 1. The number of rotatable bonds is 4. The topological polar surface area (TPSA) is 29.5 Å². The van der Waals surface area contributed by atoms with Crippen LogP contribution in [-0.2, 0) is 13.0 Å². The summed E-state index contributed by atoms with van der Waals surface area (Å²) in [6.07, 6.45) is 0.899. The summed E-state index contributed by atoms with van der Waals surface area (Å²) in [6.45, 7) is 2.62. The van der Waals surface area contributed by atoms with Gasteiger partial charge < -0.3 is 9.64 Å². The first-order valence-electron chi connectivity index (χ1n) is 8.39. The lowest BCUT2D eigenvalue weighted by Crippen LogP contribution is -2.35. The van der Waals surface area contributed by atoms with Gasteiger partial charge in [0.05, 0.1) is 0 Å². The van der Waals surface area contributed by atoms with E-state index >= 15 is 0 Å². The third kappa shape index (κ3) is 3.17. The van der Waals surface area contributed by atoms with Crippen LogP contribution in [0.4, 0.5) is 5.69 Å². The molecule has 3 nitrogen and oxygen atoms in total. The van der Waals surface area contributed by atoms with E-state index in [1.807, 2.05) is 64.9 Å². The molecule has 1 unspecified atom stereocenters. The third-order valence-electron chi connectivity index (χ3n) is 4.47. The first kappa shape index (κ1) is 15.9. The summed E-state index contributed by atoms with van der Waals surface area (Å²) in [5.74, 6) is 0.749. The Morgan fingerprint density at radius 2 is 2.04 bits per heavy atom. The smallest absolute Gasteiger partial charge is 0.258 e. The van der Waals surface area contributed by atoms with Crippen LogP contribution in [0.15, 0.2) is 66.0 Å². The fourth-order valence-corrected chi connectivity index (χ4v) is 3.90. The number of carbonyl (C=O) groups excluding carboxylic acids is 1. The number of amides is 1. The van der Waals surface area contributed by atoms with Crippen molar-refractivity contribution in [1.29, 1.82) is 0 Å². The molecular weight excluding hydrogens is 330 g/mol. The van der Waals surface area contributed by atoms with Gasteiger partial charge in [0.25, 0.3) is 5.91 Å². The maximum Gasteiger partial charge on any atom is 0.258 e. The van der Waals surface area contributed by atoms with Crippen LogP contribution in [0.2, 0.25) is 0 Å². The largest absolute Gasteiger partial charge is 0.488 e. The van der Waals surface area contributed by atoms with Crippen LogP contribution in [-0.4, -0.2) is 11.9 Å². The highest BCUT2D eigenvalue weighted by Gasteiger charge is 2.31. The van der Waals surface area contributed by atoms with Gasteiger partial charge in [-0.3, -0.25) is 4.79 Å². The summed E-state index contributed by atoms with van der Waals surface area (Å²) in [7, 11) is 0. The molecule has 0 spiro atoms. The van der Waals surface area contributed by atoms with Crippen molar-refractivity contribution in [2.45, 2.75) is 26.0 Å². The Hall–Kier alpha value is -2.59. The molecule has 2 heterocycles. The lowest BCUT2D eigenvalue weighted by molar-refractivity contribution is 0.0981. The number of para-hydroxylation sites is 1. The zero-order valence-corrected chi connectivity index (χ0v) is 14.8. The molecule has 2 aromatic carbocycles. The summed E-state index contributed by atoms with van der Waals surface area (Å²) in [6, 6.07) is 19.8. The van der Waals surface area contributed by atoms with Gasteiger partial charge >= 0.3 is 0 Å². The summed E-state index contributed by atoms with van der Waals surface area (Å²) in [5.41, 5.74) is 2.91. The Morgan fingerprint density at radius 3 is 2.88 bits per heavy atom. The van der Waals surface area contributed by atoms with Gasteiger partial charge in [0, 0.05) is 22.2 Å². The zero-order valence-electron chi connectivity index (χ0n) is 14.0. The summed E-state index contributed by atoms with van der Waals surface area (Å²) < 4.78 is 5.84. The van der Waals surface area contributed by atoms with Gasteiger partial charge in [-0.15, -0.1) is 11.3 Å². The number of carbonyl (C=O) groups is 1. The molecule has 4 rings (SSSR count). The quantitative estimate of drug-likeness (QED) is 0.669. The van der Waals surface area contributed by atoms with Crippen LogP contribution >= 0.6 is 11.3 Å². The lowest BCUT2D eigenvalue weighted by Gasteiger charge is -2.23. The normalized spacial score (nSPS) is 15.9. The first-order valence-corrected chi connectivity index (χ1v) is 9.27. The molecule has 1 aliphatic rings. The fourth-order valence-electron chi connectivity index (χ4n) is 3.28. The summed E-state index contributed by atoms with van der Waals surface area (Å²) in [5, 5.41) is 2.03. The number of ether oxygens (including phenoxy) is 1. The van der Waals surface area contributed by atoms with Crippen LogP contribution in [0, 0.1) is 0 Å². The second kappa shape index (κ2) is 6.73. The predicted molar refractivity (Wildman–Crippen MR) is 102 cm³/mol. The second-order valence-electron chi connectivity index (χ2n) is 6.25. The Kier molecular flexibility index (Phi) is 4.28. The first-order chi connectivity index (χ1) is 12.2. The van der Waals surface area contributed by atoms with Gasteiger partial charge in [0.15, 0.2) is 0 Å². The number of fused-ring (bicyclic) bond motifs is 1. The van der Waals surface area contributed by atoms with Crippen LogP contribution in [0.3, 0.4) is 0 Å². The molecule has 0 N–H and O–H groups in total. The maximum atomic E-state index is 13.1. The highest BCUT2D eigenvalue weighted by molar-refractivity contribution is 7.09.